The molecule has 28 heavy (non-hydrogen) atoms. The molecule has 4 rings (SSSR count). The van der Waals surface area contributed by atoms with Gasteiger partial charge in [-0.05, 0) is 44.4 Å². The van der Waals surface area contributed by atoms with Crippen LogP contribution in [0.15, 0.2) is 24.5 Å². The van der Waals surface area contributed by atoms with Crippen LogP contribution >= 0.6 is 0 Å². The molecule has 7 heteroatoms. The molecule has 3 aliphatic heterocycles. The molecule has 2 amide bonds. The van der Waals surface area contributed by atoms with Crippen molar-refractivity contribution in [3.8, 4) is 0 Å². The Morgan fingerprint density at radius 2 is 1.64 bits per heavy atom. The quantitative estimate of drug-likeness (QED) is 0.782. The molecule has 0 radical (unpaired) electrons. The number of morpholine rings is 1. The number of ether oxygens (including phenoxy) is 1. The van der Waals surface area contributed by atoms with E-state index in [4.69, 9.17) is 4.74 Å². The van der Waals surface area contributed by atoms with Gasteiger partial charge < -0.3 is 14.5 Å². The van der Waals surface area contributed by atoms with Crippen molar-refractivity contribution in [3.63, 3.8) is 0 Å². The molecular weight excluding hydrogens is 356 g/mol. The maximum atomic E-state index is 12.9. The molecule has 0 aliphatic carbocycles. The Kier molecular flexibility index (Phi) is 6.22. The van der Waals surface area contributed by atoms with Gasteiger partial charge in [0.15, 0.2) is 0 Å². The molecule has 3 fully saturated rings. The molecule has 4 heterocycles. The van der Waals surface area contributed by atoms with Crippen LogP contribution in [0.25, 0.3) is 0 Å². The molecule has 1 aromatic heterocycles. The summed E-state index contributed by atoms with van der Waals surface area (Å²) in [5, 5.41) is 0. The van der Waals surface area contributed by atoms with Gasteiger partial charge in [0.2, 0.25) is 5.91 Å². The number of carbonyl (C=O) groups excluding carboxylic acids is 2. The smallest absolute Gasteiger partial charge is 0.253 e. The lowest BCUT2D eigenvalue weighted by atomic mass is 9.92. The summed E-state index contributed by atoms with van der Waals surface area (Å²) >= 11 is 0. The van der Waals surface area contributed by atoms with Gasteiger partial charge in [0, 0.05) is 56.7 Å². The second-order valence-corrected chi connectivity index (χ2v) is 8.03. The summed E-state index contributed by atoms with van der Waals surface area (Å²) in [5.41, 5.74) is 0.711. The molecule has 0 unspecified atom stereocenters. The van der Waals surface area contributed by atoms with Crippen molar-refractivity contribution >= 4 is 11.8 Å². The standard InChI is InChI=1S/C21H30N4O3/c26-20(17-3-7-22-8-4-17)23-10-5-19(6-11-23)25-9-1-2-18(16-25)21(27)24-12-14-28-15-13-24/h3-4,7-8,18-19H,1-2,5-6,9-16H2/t18-/m1/s1. The van der Waals surface area contributed by atoms with E-state index >= 15 is 0 Å². The van der Waals surface area contributed by atoms with Crippen LogP contribution in [0.1, 0.15) is 36.0 Å². The van der Waals surface area contributed by atoms with Crippen molar-refractivity contribution < 1.29 is 14.3 Å². The number of carbonyl (C=O) groups is 2. The maximum Gasteiger partial charge on any atom is 0.253 e. The van der Waals surface area contributed by atoms with E-state index in [9.17, 15) is 9.59 Å². The normalized spacial score (nSPS) is 24.9. The first-order chi connectivity index (χ1) is 13.7. The van der Waals surface area contributed by atoms with Gasteiger partial charge in [-0.25, -0.2) is 0 Å². The lowest BCUT2D eigenvalue weighted by molar-refractivity contribution is -0.141. The zero-order valence-electron chi connectivity index (χ0n) is 16.5. The highest BCUT2D eigenvalue weighted by molar-refractivity contribution is 5.94. The van der Waals surface area contributed by atoms with E-state index < -0.39 is 0 Å². The number of aromatic nitrogens is 1. The molecule has 0 saturated carbocycles. The number of nitrogens with zero attached hydrogens (tertiary/aromatic N) is 4. The molecule has 0 bridgehead atoms. The fourth-order valence-corrected chi connectivity index (χ4v) is 4.69. The molecule has 1 atom stereocenters. The average molecular weight is 386 g/mol. The summed E-state index contributed by atoms with van der Waals surface area (Å²) in [6.45, 7) is 6.26. The van der Waals surface area contributed by atoms with Crippen LogP contribution < -0.4 is 0 Å². The maximum absolute atomic E-state index is 12.9. The van der Waals surface area contributed by atoms with E-state index in [0.29, 0.717) is 30.7 Å². The Balaban J connectivity index is 1.29. The second-order valence-electron chi connectivity index (χ2n) is 8.03. The first kappa shape index (κ1) is 19.3. The number of hydrogen-bond donors (Lipinski definition) is 0. The largest absolute Gasteiger partial charge is 0.378 e. The summed E-state index contributed by atoms with van der Waals surface area (Å²) in [7, 11) is 0. The van der Waals surface area contributed by atoms with Crippen LogP contribution in [0.4, 0.5) is 0 Å². The minimum absolute atomic E-state index is 0.0971. The van der Waals surface area contributed by atoms with Gasteiger partial charge in [-0.2, -0.15) is 0 Å². The van der Waals surface area contributed by atoms with Crippen LogP contribution in [0.5, 0.6) is 0 Å². The summed E-state index contributed by atoms with van der Waals surface area (Å²) in [6.07, 6.45) is 7.37. The van der Waals surface area contributed by atoms with Gasteiger partial charge in [-0.15, -0.1) is 0 Å². The molecule has 1 aromatic rings. The van der Waals surface area contributed by atoms with Gasteiger partial charge in [-0.1, -0.05) is 0 Å². The van der Waals surface area contributed by atoms with E-state index in [0.717, 1.165) is 65.0 Å². The second kappa shape index (κ2) is 9.01. The average Bonchev–Trinajstić information content (AvgIpc) is 2.79. The van der Waals surface area contributed by atoms with Gasteiger partial charge in [0.1, 0.15) is 0 Å². The third-order valence-corrected chi connectivity index (χ3v) is 6.32. The van der Waals surface area contributed by atoms with Crippen LogP contribution in [0.3, 0.4) is 0 Å². The predicted molar refractivity (Wildman–Crippen MR) is 105 cm³/mol. The first-order valence-corrected chi connectivity index (χ1v) is 10.5. The Bertz CT molecular complexity index is 669. The minimum atomic E-state index is 0.0971. The highest BCUT2D eigenvalue weighted by atomic mass is 16.5. The fraction of sp³-hybridized carbons (Fsp3) is 0.667. The van der Waals surface area contributed by atoms with Crippen molar-refractivity contribution in [3.05, 3.63) is 30.1 Å². The van der Waals surface area contributed by atoms with Gasteiger partial charge in [0.25, 0.3) is 5.91 Å². The molecule has 3 aliphatic rings. The van der Waals surface area contributed by atoms with Gasteiger partial charge in [0.05, 0.1) is 19.1 Å². The third-order valence-electron chi connectivity index (χ3n) is 6.32. The lowest BCUT2D eigenvalue weighted by Crippen LogP contribution is -2.53. The Hall–Kier alpha value is -1.99. The van der Waals surface area contributed by atoms with Crippen LogP contribution in [0.2, 0.25) is 0 Å². The van der Waals surface area contributed by atoms with Gasteiger partial charge >= 0.3 is 0 Å². The molecule has 152 valence electrons. The molecule has 7 nitrogen and oxygen atoms in total. The number of amides is 2. The summed E-state index contributed by atoms with van der Waals surface area (Å²) < 4.78 is 5.37. The van der Waals surface area contributed by atoms with Crippen molar-refractivity contribution in [1.82, 2.24) is 19.7 Å². The third kappa shape index (κ3) is 4.36. The first-order valence-electron chi connectivity index (χ1n) is 10.5. The van der Waals surface area contributed by atoms with Crippen molar-refractivity contribution in [2.45, 2.75) is 31.7 Å². The SMILES string of the molecule is O=C(c1ccncc1)N1CCC(N2CCC[C@@H](C(=O)N3CCOCC3)C2)CC1. The highest BCUT2D eigenvalue weighted by Gasteiger charge is 2.34. The van der Waals surface area contributed by atoms with Crippen LogP contribution in [-0.2, 0) is 9.53 Å². The van der Waals surface area contributed by atoms with E-state index in [-0.39, 0.29) is 11.8 Å². The molecule has 3 saturated heterocycles. The number of rotatable bonds is 3. The van der Waals surface area contributed by atoms with Crippen molar-refractivity contribution in [2.75, 3.05) is 52.5 Å². The summed E-state index contributed by atoms with van der Waals surface area (Å²) in [4.78, 5) is 35.9. The lowest BCUT2D eigenvalue weighted by Gasteiger charge is -2.43. The van der Waals surface area contributed by atoms with Crippen molar-refractivity contribution in [1.29, 1.82) is 0 Å². The monoisotopic (exact) mass is 386 g/mol. The summed E-state index contributed by atoms with van der Waals surface area (Å²) in [5.74, 6) is 0.515. The molecular formula is C21H30N4O3. The van der Waals surface area contributed by atoms with Gasteiger partial charge in [-0.3, -0.25) is 19.5 Å². The zero-order chi connectivity index (χ0) is 19.3. The Morgan fingerprint density at radius 1 is 0.929 bits per heavy atom. The molecule has 0 N–H and O–H groups in total. The zero-order valence-corrected chi connectivity index (χ0v) is 16.5. The van der Waals surface area contributed by atoms with E-state index in [1.54, 1.807) is 24.5 Å². The Labute approximate surface area is 166 Å². The van der Waals surface area contributed by atoms with Crippen LogP contribution in [-0.4, -0.2) is 90.0 Å². The fourth-order valence-electron chi connectivity index (χ4n) is 4.69. The van der Waals surface area contributed by atoms with E-state index in [1.165, 1.54) is 0 Å². The molecule has 0 spiro atoms. The number of piperidine rings is 2. The van der Waals surface area contributed by atoms with E-state index in [1.807, 2.05) is 9.80 Å². The minimum Gasteiger partial charge on any atom is -0.378 e. The number of hydrogen-bond acceptors (Lipinski definition) is 5. The van der Waals surface area contributed by atoms with E-state index in [2.05, 4.69) is 9.88 Å². The topological polar surface area (TPSA) is 66.0 Å². The highest BCUT2D eigenvalue weighted by Crippen LogP contribution is 2.26. The number of pyridine rings is 1. The Morgan fingerprint density at radius 3 is 2.36 bits per heavy atom. The number of likely N-dealkylation sites (tertiary alicyclic amines) is 2. The summed E-state index contributed by atoms with van der Waals surface area (Å²) in [6, 6.07) is 4.03. The van der Waals surface area contributed by atoms with Crippen molar-refractivity contribution in [2.24, 2.45) is 5.92 Å². The predicted octanol–water partition coefficient (Wildman–Crippen LogP) is 1.26. The van der Waals surface area contributed by atoms with Crippen LogP contribution in [0, 0.1) is 5.92 Å². The molecule has 0 aromatic carbocycles.